The molecule has 0 saturated heterocycles. The van der Waals surface area contributed by atoms with Gasteiger partial charge in [-0.25, -0.2) is 0 Å². The van der Waals surface area contributed by atoms with Gasteiger partial charge >= 0.3 is 0 Å². The summed E-state index contributed by atoms with van der Waals surface area (Å²) in [5.74, 6) is 0. The lowest BCUT2D eigenvalue weighted by molar-refractivity contribution is -0.0103. The molecule has 7 nitrogen and oxygen atoms in total. The standard InChI is InChI=1S/C12H26O7/c13-2-4-17-6-8-19-10-9-18-7-5-16-3-1-12(15)11-14/h12-15H,1-11H2. The fourth-order valence-electron chi connectivity index (χ4n) is 1.14. The summed E-state index contributed by atoms with van der Waals surface area (Å²) >= 11 is 0. The van der Waals surface area contributed by atoms with Crippen molar-refractivity contribution in [1.29, 1.82) is 0 Å². The predicted molar refractivity (Wildman–Crippen MR) is 68.1 cm³/mol. The molecule has 0 aliphatic carbocycles. The Morgan fingerprint density at radius 3 is 1.47 bits per heavy atom. The molecule has 19 heavy (non-hydrogen) atoms. The van der Waals surface area contributed by atoms with E-state index in [0.717, 1.165) is 0 Å². The van der Waals surface area contributed by atoms with Gasteiger partial charge in [0.1, 0.15) is 0 Å². The molecule has 0 aliphatic rings. The highest BCUT2D eigenvalue weighted by Crippen LogP contribution is 1.91. The smallest absolute Gasteiger partial charge is 0.0792 e. The summed E-state index contributed by atoms with van der Waals surface area (Å²) in [4.78, 5) is 0. The van der Waals surface area contributed by atoms with E-state index in [2.05, 4.69) is 0 Å². The van der Waals surface area contributed by atoms with Gasteiger partial charge in [-0.15, -0.1) is 0 Å². The van der Waals surface area contributed by atoms with Crippen molar-refractivity contribution in [3.8, 4) is 0 Å². The van der Waals surface area contributed by atoms with Crippen molar-refractivity contribution in [3.63, 3.8) is 0 Å². The van der Waals surface area contributed by atoms with E-state index in [-0.39, 0.29) is 13.2 Å². The Balaban J connectivity index is 2.95. The van der Waals surface area contributed by atoms with Gasteiger partial charge in [0, 0.05) is 6.61 Å². The van der Waals surface area contributed by atoms with Crippen LogP contribution in [0.25, 0.3) is 0 Å². The molecule has 3 N–H and O–H groups in total. The van der Waals surface area contributed by atoms with E-state index in [1.54, 1.807) is 0 Å². The first kappa shape index (κ1) is 18.7. The third-order valence-corrected chi connectivity index (χ3v) is 2.16. The molecule has 1 unspecified atom stereocenters. The van der Waals surface area contributed by atoms with E-state index in [0.29, 0.717) is 59.3 Å². The molecule has 0 bridgehead atoms. The van der Waals surface area contributed by atoms with Gasteiger partial charge in [0.2, 0.25) is 0 Å². The Kier molecular flexibility index (Phi) is 15.5. The van der Waals surface area contributed by atoms with Crippen molar-refractivity contribution in [3.05, 3.63) is 0 Å². The Bertz CT molecular complexity index is 168. The third kappa shape index (κ3) is 15.7. The van der Waals surface area contributed by atoms with Crippen molar-refractivity contribution in [1.82, 2.24) is 0 Å². The van der Waals surface area contributed by atoms with E-state index in [1.807, 2.05) is 0 Å². The Hall–Kier alpha value is -0.280. The molecule has 0 aromatic heterocycles. The van der Waals surface area contributed by atoms with Crippen molar-refractivity contribution < 1.29 is 34.3 Å². The summed E-state index contributed by atoms with van der Waals surface area (Å²) in [6.07, 6.45) is -0.282. The van der Waals surface area contributed by atoms with E-state index in [1.165, 1.54) is 0 Å². The molecule has 1 atom stereocenters. The molecule has 0 rings (SSSR count). The second-order valence-corrected chi connectivity index (χ2v) is 3.80. The highest BCUT2D eigenvalue weighted by atomic mass is 16.6. The maximum Gasteiger partial charge on any atom is 0.0792 e. The van der Waals surface area contributed by atoms with E-state index < -0.39 is 6.10 Å². The first-order chi connectivity index (χ1) is 9.31. The summed E-state index contributed by atoms with van der Waals surface area (Å²) in [6.45, 7) is 3.39. The topological polar surface area (TPSA) is 97.6 Å². The van der Waals surface area contributed by atoms with Crippen LogP contribution in [0.4, 0.5) is 0 Å². The number of hydrogen-bond donors (Lipinski definition) is 3. The second-order valence-electron chi connectivity index (χ2n) is 3.80. The van der Waals surface area contributed by atoms with Crippen molar-refractivity contribution in [2.45, 2.75) is 12.5 Å². The molecular formula is C12H26O7. The molecule has 0 spiro atoms. The van der Waals surface area contributed by atoms with E-state index >= 15 is 0 Å². The van der Waals surface area contributed by atoms with Crippen LogP contribution in [0, 0.1) is 0 Å². The maximum atomic E-state index is 9.03. The molecule has 0 heterocycles. The van der Waals surface area contributed by atoms with Crippen LogP contribution in [0.1, 0.15) is 6.42 Å². The van der Waals surface area contributed by atoms with Crippen LogP contribution in [0.3, 0.4) is 0 Å². The van der Waals surface area contributed by atoms with Gasteiger partial charge in [0.15, 0.2) is 0 Å². The molecule has 116 valence electrons. The number of aliphatic hydroxyl groups is 3. The van der Waals surface area contributed by atoms with Gasteiger partial charge in [-0.3, -0.25) is 0 Å². The zero-order chi connectivity index (χ0) is 14.2. The summed E-state index contributed by atoms with van der Waals surface area (Å²) in [6, 6.07) is 0. The minimum Gasteiger partial charge on any atom is -0.394 e. The van der Waals surface area contributed by atoms with Crippen LogP contribution in [0.2, 0.25) is 0 Å². The molecule has 0 fully saturated rings. The fourth-order valence-corrected chi connectivity index (χ4v) is 1.14. The van der Waals surface area contributed by atoms with Crippen LogP contribution in [-0.4, -0.2) is 87.5 Å². The molecule has 0 aromatic rings. The van der Waals surface area contributed by atoms with Gasteiger partial charge in [-0.05, 0) is 6.42 Å². The largest absolute Gasteiger partial charge is 0.394 e. The zero-order valence-corrected chi connectivity index (χ0v) is 11.3. The molecular weight excluding hydrogens is 256 g/mol. The maximum absolute atomic E-state index is 9.03. The van der Waals surface area contributed by atoms with Gasteiger partial charge in [-0.1, -0.05) is 0 Å². The quantitative estimate of drug-likeness (QED) is 0.324. The first-order valence-corrected chi connectivity index (χ1v) is 6.52. The van der Waals surface area contributed by atoms with Crippen LogP contribution in [0.5, 0.6) is 0 Å². The highest BCUT2D eigenvalue weighted by Gasteiger charge is 2.00. The summed E-state index contributed by atoms with van der Waals surface area (Å²) in [5.41, 5.74) is 0. The average molecular weight is 282 g/mol. The summed E-state index contributed by atoms with van der Waals surface area (Å²) < 4.78 is 20.7. The molecule has 0 aromatic carbocycles. The van der Waals surface area contributed by atoms with E-state index in [9.17, 15) is 0 Å². The third-order valence-electron chi connectivity index (χ3n) is 2.16. The SMILES string of the molecule is OCCOCCOCCOCCOCCC(O)CO. The second kappa shape index (κ2) is 15.8. The highest BCUT2D eigenvalue weighted by molar-refractivity contribution is 4.50. The predicted octanol–water partition coefficient (Wildman–Crippen LogP) is -1.21. The van der Waals surface area contributed by atoms with Crippen LogP contribution >= 0.6 is 0 Å². The minimum atomic E-state index is -0.706. The zero-order valence-electron chi connectivity index (χ0n) is 11.3. The fraction of sp³-hybridized carbons (Fsp3) is 1.00. The number of ether oxygens (including phenoxy) is 4. The lowest BCUT2D eigenvalue weighted by atomic mass is 10.3. The van der Waals surface area contributed by atoms with Gasteiger partial charge in [-0.2, -0.15) is 0 Å². The Morgan fingerprint density at radius 2 is 1.05 bits per heavy atom. The molecule has 0 amide bonds. The number of hydrogen-bond acceptors (Lipinski definition) is 7. The Labute approximate surface area is 114 Å². The molecule has 0 saturated carbocycles. The average Bonchev–Trinajstić information content (AvgIpc) is 2.43. The summed E-state index contributed by atoms with van der Waals surface area (Å²) in [5, 5.41) is 26.0. The normalized spacial score (nSPS) is 12.8. The van der Waals surface area contributed by atoms with Crippen LogP contribution in [0.15, 0.2) is 0 Å². The van der Waals surface area contributed by atoms with Crippen LogP contribution in [-0.2, 0) is 18.9 Å². The Morgan fingerprint density at radius 1 is 0.632 bits per heavy atom. The molecule has 0 aliphatic heterocycles. The van der Waals surface area contributed by atoms with Crippen molar-refractivity contribution >= 4 is 0 Å². The lowest BCUT2D eigenvalue weighted by Crippen LogP contribution is -2.16. The number of rotatable bonds is 15. The first-order valence-electron chi connectivity index (χ1n) is 6.52. The van der Waals surface area contributed by atoms with Crippen molar-refractivity contribution in [2.24, 2.45) is 0 Å². The lowest BCUT2D eigenvalue weighted by Gasteiger charge is -2.08. The summed E-state index contributed by atoms with van der Waals surface area (Å²) in [7, 11) is 0. The minimum absolute atomic E-state index is 0.0262. The van der Waals surface area contributed by atoms with Gasteiger partial charge < -0.3 is 34.3 Å². The monoisotopic (exact) mass is 282 g/mol. The molecule has 0 radical (unpaired) electrons. The molecule has 7 heteroatoms. The van der Waals surface area contributed by atoms with Crippen molar-refractivity contribution in [2.75, 3.05) is 66.1 Å². The van der Waals surface area contributed by atoms with Gasteiger partial charge in [0.25, 0.3) is 0 Å². The number of aliphatic hydroxyl groups excluding tert-OH is 3. The van der Waals surface area contributed by atoms with Gasteiger partial charge in [0.05, 0.1) is 65.6 Å². The van der Waals surface area contributed by atoms with Crippen LogP contribution < -0.4 is 0 Å². The van der Waals surface area contributed by atoms with E-state index in [4.69, 9.17) is 34.3 Å².